The zero-order chi connectivity index (χ0) is 16.3. The average molecular weight is 305 g/mol. The highest BCUT2D eigenvalue weighted by Gasteiger charge is 2.33. The molecule has 0 saturated carbocycles. The molecule has 1 aliphatic rings. The van der Waals surface area contributed by atoms with E-state index in [9.17, 15) is 4.79 Å². The van der Waals surface area contributed by atoms with Crippen molar-refractivity contribution < 1.29 is 14.3 Å². The third kappa shape index (κ3) is 3.06. The highest BCUT2D eigenvalue weighted by Crippen LogP contribution is 2.41. The predicted molar refractivity (Wildman–Crippen MR) is 87.5 cm³/mol. The number of amides is 1. The van der Waals surface area contributed by atoms with Gasteiger partial charge in [-0.2, -0.15) is 0 Å². The molecule has 0 N–H and O–H groups in total. The maximum atomic E-state index is 12.5. The van der Waals surface area contributed by atoms with Crippen LogP contribution in [0.2, 0.25) is 0 Å². The summed E-state index contributed by atoms with van der Waals surface area (Å²) in [5.74, 6) is 2.10. The van der Waals surface area contributed by atoms with E-state index in [4.69, 9.17) is 9.47 Å². The Bertz CT molecular complexity index is 539. The number of fused-ring (bicyclic) bond motifs is 1. The lowest BCUT2D eigenvalue weighted by Crippen LogP contribution is -2.42. The average Bonchev–Trinajstić information content (AvgIpc) is 2.52. The Kier molecular flexibility index (Phi) is 5.33. The minimum absolute atomic E-state index is 0.114. The molecule has 1 amide bonds. The number of methoxy groups -OCH3 is 2. The first-order chi connectivity index (χ1) is 10.5. The zero-order valence-corrected chi connectivity index (χ0v) is 14.3. The standard InChI is InChI=1S/C18H27NO3/c1-6-7-17(20)19-9-8-13-10-15(21-4)16(22-5)11-14(13)18(19)12(2)3/h10-12,18H,6-9H2,1-5H3. The summed E-state index contributed by atoms with van der Waals surface area (Å²) in [4.78, 5) is 14.5. The lowest BCUT2D eigenvalue weighted by molar-refractivity contribution is -0.135. The van der Waals surface area contributed by atoms with Crippen molar-refractivity contribution >= 4 is 5.91 Å². The second-order valence-electron chi connectivity index (χ2n) is 6.18. The minimum Gasteiger partial charge on any atom is -0.493 e. The van der Waals surface area contributed by atoms with E-state index >= 15 is 0 Å². The van der Waals surface area contributed by atoms with Crippen LogP contribution in [0.25, 0.3) is 0 Å². The first-order valence-electron chi connectivity index (χ1n) is 8.07. The zero-order valence-electron chi connectivity index (χ0n) is 14.3. The van der Waals surface area contributed by atoms with Gasteiger partial charge < -0.3 is 14.4 Å². The Hall–Kier alpha value is -1.71. The highest BCUT2D eigenvalue weighted by atomic mass is 16.5. The van der Waals surface area contributed by atoms with Crippen LogP contribution in [0, 0.1) is 5.92 Å². The van der Waals surface area contributed by atoms with Crippen LogP contribution in [0.15, 0.2) is 12.1 Å². The highest BCUT2D eigenvalue weighted by molar-refractivity contribution is 5.77. The fraction of sp³-hybridized carbons (Fsp3) is 0.611. The second-order valence-corrected chi connectivity index (χ2v) is 6.18. The van der Waals surface area contributed by atoms with Gasteiger partial charge in [0.2, 0.25) is 5.91 Å². The van der Waals surface area contributed by atoms with Gasteiger partial charge in [-0.3, -0.25) is 4.79 Å². The summed E-state index contributed by atoms with van der Waals surface area (Å²) in [7, 11) is 3.31. The van der Waals surface area contributed by atoms with Gasteiger partial charge in [-0.25, -0.2) is 0 Å². The number of benzene rings is 1. The van der Waals surface area contributed by atoms with Crippen LogP contribution in [0.3, 0.4) is 0 Å². The third-order valence-electron chi connectivity index (χ3n) is 4.34. The molecule has 0 radical (unpaired) electrons. The normalized spacial score (nSPS) is 17.4. The summed E-state index contributed by atoms with van der Waals surface area (Å²) in [6, 6.07) is 4.22. The first-order valence-corrected chi connectivity index (χ1v) is 8.07. The Morgan fingerprint density at radius 1 is 1.27 bits per heavy atom. The molecule has 1 atom stereocenters. The van der Waals surface area contributed by atoms with Gasteiger partial charge in [0.25, 0.3) is 0 Å². The quantitative estimate of drug-likeness (QED) is 0.834. The van der Waals surface area contributed by atoms with Crippen LogP contribution in [0.5, 0.6) is 11.5 Å². The van der Waals surface area contributed by atoms with E-state index in [-0.39, 0.29) is 11.9 Å². The molecular weight excluding hydrogens is 278 g/mol. The number of nitrogens with zero attached hydrogens (tertiary/aromatic N) is 1. The fourth-order valence-corrected chi connectivity index (χ4v) is 3.33. The lowest BCUT2D eigenvalue weighted by Gasteiger charge is -2.40. The molecule has 0 spiro atoms. The molecule has 0 aromatic heterocycles. The van der Waals surface area contributed by atoms with Crippen molar-refractivity contribution in [3.05, 3.63) is 23.3 Å². The number of rotatable bonds is 5. The topological polar surface area (TPSA) is 38.8 Å². The largest absolute Gasteiger partial charge is 0.493 e. The fourth-order valence-electron chi connectivity index (χ4n) is 3.33. The molecule has 4 heteroatoms. The van der Waals surface area contributed by atoms with Gasteiger partial charge in [0, 0.05) is 13.0 Å². The molecule has 4 nitrogen and oxygen atoms in total. The van der Waals surface area contributed by atoms with E-state index in [1.54, 1.807) is 14.2 Å². The summed E-state index contributed by atoms with van der Waals surface area (Å²) >= 11 is 0. The van der Waals surface area contributed by atoms with Crippen molar-refractivity contribution in [2.24, 2.45) is 5.92 Å². The molecule has 1 heterocycles. The summed E-state index contributed by atoms with van der Waals surface area (Å²) < 4.78 is 10.9. The van der Waals surface area contributed by atoms with Crippen molar-refractivity contribution in [1.29, 1.82) is 0 Å². The first kappa shape index (κ1) is 16.7. The molecule has 1 aromatic rings. The number of hydrogen-bond donors (Lipinski definition) is 0. The van der Waals surface area contributed by atoms with Crippen molar-refractivity contribution in [1.82, 2.24) is 4.90 Å². The predicted octanol–water partition coefficient (Wildman–Crippen LogP) is 3.59. The molecule has 0 saturated heterocycles. The monoisotopic (exact) mass is 305 g/mol. The molecule has 0 bridgehead atoms. The van der Waals surface area contributed by atoms with E-state index in [0.29, 0.717) is 12.3 Å². The Morgan fingerprint density at radius 2 is 1.91 bits per heavy atom. The van der Waals surface area contributed by atoms with Gasteiger partial charge in [-0.15, -0.1) is 0 Å². The number of hydrogen-bond acceptors (Lipinski definition) is 3. The van der Waals surface area contributed by atoms with Crippen molar-refractivity contribution in [3.8, 4) is 11.5 Å². The molecule has 0 aliphatic carbocycles. The van der Waals surface area contributed by atoms with Crippen LogP contribution >= 0.6 is 0 Å². The van der Waals surface area contributed by atoms with Gasteiger partial charge in [-0.05, 0) is 42.0 Å². The van der Waals surface area contributed by atoms with Gasteiger partial charge >= 0.3 is 0 Å². The van der Waals surface area contributed by atoms with Gasteiger partial charge in [0.15, 0.2) is 11.5 Å². The Balaban J connectivity index is 2.46. The van der Waals surface area contributed by atoms with Crippen LogP contribution in [0.4, 0.5) is 0 Å². The number of carbonyl (C=O) groups excluding carboxylic acids is 1. The Labute approximate surface area is 133 Å². The molecule has 22 heavy (non-hydrogen) atoms. The molecule has 2 rings (SSSR count). The van der Waals surface area contributed by atoms with Gasteiger partial charge in [-0.1, -0.05) is 20.8 Å². The van der Waals surface area contributed by atoms with E-state index in [1.807, 2.05) is 17.9 Å². The second kappa shape index (κ2) is 7.03. The molecule has 1 aliphatic heterocycles. The maximum absolute atomic E-state index is 12.5. The molecule has 1 aromatic carbocycles. The van der Waals surface area contributed by atoms with E-state index in [2.05, 4.69) is 19.9 Å². The third-order valence-corrected chi connectivity index (χ3v) is 4.34. The molecular formula is C18H27NO3. The summed E-state index contributed by atoms with van der Waals surface area (Å²) in [5.41, 5.74) is 2.46. The van der Waals surface area contributed by atoms with Crippen LogP contribution < -0.4 is 9.47 Å². The molecule has 0 fully saturated rings. The summed E-state index contributed by atoms with van der Waals surface area (Å²) in [5, 5.41) is 0. The van der Waals surface area contributed by atoms with Crippen molar-refractivity contribution in [2.45, 2.75) is 46.1 Å². The maximum Gasteiger partial charge on any atom is 0.223 e. The Morgan fingerprint density at radius 3 is 2.45 bits per heavy atom. The van der Waals surface area contributed by atoms with Gasteiger partial charge in [0.1, 0.15) is 0 Å². The van der Waals surface area contributed by atoms with Crippen LogP contribution in [0.1, 0.15) is 50.8 Å². The lowest BCUT2D eigenvalue weighted by atomic mass is 9.85. The van der Waals surface area contributed by atoms with Crippen molar-refractivity contribution in [3.63, 3.8) is 0 Å². The van der Waals surface area contributed by atoms with Crippen LogP contribution in [-0.2, 0) is 11.2 Å². The summed E-state index contributed by atoms with van der Waals surface area (Å²) in [6.45, 7) is 7.17. The summed E-state index contributed by atoms with van der Waals surface area (Å²) in [6.07, 6.45) is 2.37. The van der Waals surface area contributed by atoms with Crippen LogP contribution in [-0.4, -0.2) is 31.6 Å². The number of ether oxygens (including phenoxy) is 2. The SMILES string of the molecule is CCCC(=O)N1CCc2cc(OC)c(OC)cc2C1C(C)C. The van der Waals surface area contributed by atoms with E-state index < -0.39 is 0 Å². The van der Waals surface area contributed by atoms with Gasteiger partial charge in [0.05, 0.1) is 20.3 Å². The number of carbonyl (C=O) groups is 1. The van der Waals surface area contributed by atoms with E-state index in [1.165, 1.54) is 11.1 Å². The van der Waals surface area contributed by atoms with Crippen molar-refractivity contribution in [2.75, 3.05) is 20.8 Å². The minimum atomic E-state index is 0.114. The van der Waals surface area contributed by atoms with E-state index in [0.717, 1.165) is 30.9 Å². The molecule has 1 unspecified atom stereocenters. The molecule has 122 valence electrons. The smallest absolute Gasteiger partial charge is 0.223 e.